The maximum Gasteiger partial charge on any atom is 0.0541 e. The number of aromatic nitrogens is 2. The molecule has 0 spiro atoms. The zero-order chi connectivity index (χ0) is 45.0. The molecular formula is C66H44N2. The third kappa shape index (κ3) is 6.57. The van der Waals surface area contributed by atoms with Gasteiger partial charge in [0.15, 0.2) is 0 Å². The molecule has 0 aliphatic rings. The summed E-state index contributed by atoms with van der Waals surface area (Å²) >= 11 is 0. The van der Waals surface area contributed by atoms with Crippen molar-refractivity contribution in [3.05, 3.63) is 267 Å². The van der Waals surface area contributed by atoms with Crippen LogP contribution in [-0.2, 0) is 0 Å². The van der Waals surface area contributed by atoms with Crippen LogP contribution in [0.2, 0.25) is 0 Å². The third-order valence-electron chi connectivity index (χ3n) is 13.8. The average molecular weight is 865 g/mol. The molecule has 13 rings (SSSR count). The SMILES string of the molecule is c1ccc(-c2ccccc2-c2ccccc2-c2ccccc2-c2ccc(-c3ccc(-n4c5ccccc5c5ccccc54)cc3)c(-c3ccc(-n4c5ccccc5c5ccccc54)cc3)c2)cc1. The van der Waals surface area contributed by atoms with E-state index in [9.17, 15) is 0 Å². The molecule has 318 valence electrons. The van der Waals surface area contributed by atoms with Crippen LogP contribution in [0.15, 0.2) is 267 Å². The maximum absolute atomic E-state index is 2.41. The normalized spacial score (nSPS) is 11.5. The lowest BCUT2D eigenvalue weighted by molar-refractivity contribution is 1.18. The van der Waals surface area contributed by atoms with Crippen LogP contribution in [0.5, 0.6) is 0 Å². The molecule has 0 saturated carbocycles. The first-order valence-corrected chi connectivity index (χ1v) is 23.4. The summed E-state index contributed by atoms with van der Waals surface area (Å²) in [5.74, 6) is 0. The Morgan fingerprint density at radius 1 is 0.176 bits per heavy atom. The first kappa shape index (κ1) is 39.4. The van der Waals surface area contributed by atoms with Crippen molar-refractivity contribution < 1.29 is 0 Å². The summed E-state index contributed by atoms with van der Waals surface area (Å²) in [6, 6.07) is 97.5. The lowest BCUT2D eigenvalue weighted by atomic mass is 9.85. The number of para-hydroxylation sites is 4. The minimum Gasteiger partial charge on any atom is -0.309 e. The van der Waals surface area contributed by atoms with Gasteiger partial charge >= 0.3 is 0 Å². The molecule has 0 saturated heterocycles. The number of hydrogen-bond acceptors (Lipinski definition) is 0. The molecule has 68 heavy (non-hydrogen) atoms. The number of benzene rings is 11. The van der Waals surface area contributed by atoms with Gasteiger partial charge in [0, 0.05) is 32.9 Å². The lowest BCUT2D eigenvalue weighted by Gasteiger charge is -2.19. The highest BCUT2D eigenvalue weighted by molar-refractivity contribution is 6.10. The van der Waals surface area contributed by atoms with Gasteiger partial charge in [0.05, 0.1) is 22.1 Å². The summed E-state index contributed by atoms with van der Waals surface area (Å²) in [7, 11) is 0. The molecule has 11 aromatic carbocycles. The molecule has 0 fully saturated rings. The van der Waals surface area contributed by atoms with Gasteiger partial charge in [-0.2, -0.15) is 0 Å². The highest BCUT2D eigenvalue weighted by Crippen LogP contribution is 2.44. The van der Waals surface area contributed by atoms with Crippen molar-refractivity contribution in [3.63, 3.8) is 0 Å². The van der Waals surface area contributed by atoms with E-state index in [1.54, 1.807) is 0 Å². The molecular weight excluding hydrogens is 821 g/mol. The Balaban J connectivity index is 0.964. The van der Waals surface area contributed by atoms with E-state index in [0.717, 1.165) is 16.9 Å². The van der Waals surface area contributed by atoms with Gasteiger partial charge in [-0.15, -0.1) is 0 Å². The summed E-state index contributed by atoms with van der Waals surface area (Å²) in [4.78, 5) is 0. The van der Waals surface area contributed by atoms with Gasteiger partial charge in [0.1, 0.15) is 0 Å². The summed E-state index contributed by atoms with van der Waals surface area (Å²) in [6.45, 7) is 0. The Hall–Kier alpha value is -8.98. The average Bonchev–Trinajstić information content (AvgIpc) is 3.94. The summed E-state index contributed by atoms with van der Waals surface area (Å²) < 4.78 is 4.78. The van der Waals surface area contributed by atoms with Gasteiger partial charge in [-0.1, -0.05) is 212 Å². The van der Waals surface area contributed by atoms with Crippen LogP contribution in [0.4, 0.5) is 0 Å². The zero-order valence-corrected chi connectivity index (χ0v) is 37.3. The molecule has 2 aromatic heterocycles. The first-order chi connectivity index (χ1) is 33.8. The smallest absolute Gasteiger partial charge is 0.0541 e. The Bertz CT molecular complexity index is 3890. The second kappa shape index (κ2) is 16.5. The quantitative estimate of drug-likeness (QED) is 0.144. The van der Waals surface area contributed by atoms with E-state index in [1.807, 2.05) is 0 Å². The van der Waals surface area contributed by atoms with E-state index < -0.39 is 0 Å². The molecule has 0 aliphatic heterocycles. The molecule has 0 radical (unpaired) electrons. The highest BCUT2D eigenvalue weighted by Gasteiger charge is 2.19. The zero-order valence-electron chi connectivity index (χ0n) is 37.3. The summed E-state index contributed by atoms with van der Waals surface area (Å²) in [6.07, 6.45) is 0. The van der Waals surface area contributed by atoms with Crippen LogP contribution in [0.1, 0.15) is 0 Å². The van der Waals surface area contributed by atoms with Crippen molar-refractivity contribution in [2.45, 2.75) is 0 Å². The van der Waals surface area contributed by atoms with Crippen LogP contribution < -0.4 is 0 Å². The van der Waals surface area contributed by atoms with Crippen molar-refractivity contribution in [2.75, 3.05) is 0 Å². The Kier molecular flexibility index (Phi) is 9.54. The molecule has 2 nitrogen and oxygen atoms in total. The largest absolute Gasteiger partial charge is 0.309 e. The van der Waals surface area contributed by atoms with E-state index >= 15 is 0 Å². The fourth-order valence-corrected chi connectivity index (χ4v) is 10.7. The Labute approximate surface area is 395 Å². The van der Waals surface area contributed by atoms with Gasteiger partial charge in [0.25, 0.3) is 0 Å². The predicted octanol–water partition coefficient (Wildman–Crippen LogP) is 17.9. The van der Waals surface area contributed by atoms with Gasteiger partial charge < -0.3 is 9.13 Å². The number of hydrogen-bond donors (Lipinski definition) is 0. The van der Waals surface area contributed by atoms with Crippen LogP contribution in [0.3, 0.4) is 0 Å². The molecule has 0 N–H and O–H groups in total. The summed E-state index contributed by atoms with van der Waals surface area (Å²) in [5.41, 5.74) is 21.4. The van der Waals surface area contributed by atoms with Crippen molar-refractivity contribution in [3.8, 4) is 78.1 Å². The molecule has 0 bridgehead atoms. The molecule has 0 amide bonds. The standard InChI is InChI=1S/C66H44N2/c1-2-18-45(19-3-1)51-20-4-6-22-54(51)56-24-8-9-25-57(56)55-23-7-5-21-52(55)48-38-43-53(46-34-39-49(40-35-46)67-63-30-14-10-26-58(63)59-27-11-15-31-64(59)67)62(44-48)47-36-41-50(42-37-47)68-65-32-16-12-28-60(65)61-29-13-17-33-66(61)68/h1-44H. The van der Waals surface area contributed by atoms with Crippen molar-refractivity contribution >= 4 is 43.6 Å². The lowest BCUT2D eigenvalue weighted by Crippen LogP contribution is -1.95. The Morgan fingerprint density at radius 3 is 0.882 bits per heavy atom. The molecule has 13 aromatic rings. The highest BCUT2D eigenvalue weighted by atomic mass is 15.0. The van der Waals surface area contributed by atoms with Crippen molar-refractivity contribution in [2.24, 2.45) is 0 Å². The van der Waals surface area contributed by atoms with Gasteiger partial charge in [-0.3, -0.25) is 0 Å². The van der Waals surface area contributed by atoms with Crippen molar-refractivity contribution in [1.82, 2.24) is 9.13 Å². The van der Waals surface area contributed by atoms with Crippen LogP contribution >= 0.6 is 0 Å². The first-order valence-electron chi connectivity index (χ1n) is 23.4. The van der Waals surface area contributed by atoms with Gasteiger partial charge in [0.2, 0.25) is 0 Å². The van der Waals surface area contributed by atoms with Gasteiger partial charge in [-0.25, -0.2) is 0 Å². The monoisotopic (exact) mass is 864 g/mol. The molecule has 2 heteroatoms. The van der Waals surface area contributed by atoms with E-state index in [2.05, 4.69) is 276 Å². The minimum atomic E-state index is 1.14. The number of rotatable bonds is 8. The topological polar surface area (TPSA) is 9.86 Å². The number of nitrogens with zero attached hydrogens (tertiary/aromatic N) is 2. The second-order valence-corrected chi connectivity index (χ2v) is 17.6. The predicted molar refractivity (Wildman–Crippen MR) is 288 cm³/mol. The Morgan fingerprint density at radius 2 is 0.456 bits per heavy atom. The third-order valence-corrected chi connectivity index (χ3v) is 13.8. The van der Waals surface area contributed by atoms with E-state index in [4.69, 9.17) is 0 Å². The minimum absolute atomic E-state index is 1.14. The summed E-state index contributed by atoms with van der Waals surface area (Å²) in [5, 5.41) is 5.04. The fraction of sp³-hybridized carbons (Fsp3) is 0. The maximum atomic E-state index is 2.41. The van der Waals surface area contributed by atoms with Crippen molar-refractivity contribution in [1.29, 1.82) is 0 Å². The van der Waals surface area contributed by atoms with Gasteiger partial charge in [-0.05, 0) is 121 Å². The van der Waals surface area contributed by atoms with Crippen LogP contribution in [0, 0.1) is 0 Å². The second-order valence-electron chi connectivity index (χ2n) is 17.6. The molecule has 2 heterocycles. The fourth-order valence-electron chi connectivity index (χ4n) is 10.7. The van der Waals surface area contributed by atoms with E-state index in [0.29, 0.717) is 0 Å². The van der Waals surface area contributed by atoms with Crippen LogP contribution in [-0.4, -0.2) is 9.13 Å². The molecule has 0 unspecified atom stereocenters. The molecule has 0 aliphatic carbocycles. The van der Waals surface area contributed by atoms with E-state index in [-0.39, 0.29) is 0 Å². The van der Waals surface area contributed by atoms with E-state index in [1.165, 1.54) is 105 Å². The van der Waals surface area contributed by atoms with Crippen LogP contribution in [0.25, 0.3) is 122 Å². The number of fused-ring (bicyclic) bond motifs is 6. The molecule has 0 atom stereocenters.